The fourth-order valence-corrected chi connectivity index (χ4v) is 4.45. The molecule has 3 rings (SSSR count). The standard InChI is InChI=1S/C25H35ClN4O4/c1-16-11-21(12-17(2)23(16)24(33)29-18(3)22(32)15-31)34-10-4-5-19-6-8-30(9-7-19)25-27-13-20(26)14-28-25/h11-14,18-19,22,31-32H,4-10,15H2,1-3H3,(H,29,33). The van der Waals surface area contributed by atoms with Crippen molar-refractivity contribution in [2.45, 2.75) is 58.6 Å². The molecule has 186 valence electrons. The largest absolute Gasteiger partial charge is 0.494 e. The Morgan fingerprint density at radius 1 is 1.24 bits per heavy atom. The first kappa shape index (κ1) is 26.2. The van der Waals surface area contributed by atoms with Gasteiger partial charge < -0.3 is 25.2 Å². The Hall–Kier alpha value is -2.42. The summed E-state index contributed by atoms with van der Waals surface area (Å²) in [6.07, 6.45) is 6.58. The van der Waals surface area contributed by atoms with Gasteiger partial charge in [0.15, 0.2) is 0 Å². The minimum atomic E-state index is -0.995. The molecule has 0 aliphatic carbocycles. The number of rotatable bonds is 10. The minimum absolute atomic E-state index is 0.267. The Balaban J connectivity index is 1.43. The van der Waals surface area contributed by atoms with Crippen LogP contribution in [0.25, 0.3) is 0 Å². The summed E-state index contributed by atoms with van der Waals surface area (Å²) in [7, 11) is 0. The van der Waals surface area contributed by atoms with Crippen molar-refractivity contribution in [2.24, 2.45) is 5.92 Å². The summed E-state index contributed by atoms with van der Waals surface area (Å²) >= 11 is 5.87. The molecule has 1 amide bonds. The van der Waals surface area contributed by atoms with Gasteiger partial charge in [0.2, 0.25) is 5.95 Å². The first-order valence-corrected chi connectivity index (χ1v) is 12.2. The number of amides is 1. The summed E-state index contributed by atoms with van der Waals surface area (Å²) in [6, 6.07) is 3.21. The number of carbonyl (C=O) groups is 1. The zero-order chi connectivity index (χ0) is 24.7. The number of hydrogen-bond acceptors (Lipinski definition) is 7. The Morgan fingerprint density at radius 2 is 1.85 bits per heavy atom. The fourth-order valence-electron chi connectivity index (χ4n) is 4.35. The molecule has 0 radical (unpaired) electrons. The van der Waals surface area contributed by atoms with Crippen LogP contribution in [0.1, 0.15) is 54.1 Å². The second-order valence-corrected chi connectivity index (χ2v) is 9.50. The molecule has 0 bridgehead atoms. The van der Waals surface area contributed by atoms with Crippen LogP contribution < -0.4 is 15.0 Å². The van der Waals surface area contributed by atoms with Crippen molar-refractivity contribution in [2.75, 3.05) is 31.2 Å². The van der Waals surface area contributed by atoms with Crippen LogP contribution in [0.2, 0.25) is 5.02 Å². The third kappa shape index (κ3) is 7.04. The number of ether oxygens (including phenoxy) is 1. The number of hydrogen-bond donors (Lipinski definition) is 3. The molecule has 2 atom stereocenters. The van der Waals surface area contributed by atoms with Crippen molar-refractivity contribution >= 4 is 23.5 Å². The number of anilines is 1. The Kier molecular flexibility index (Phi) is 9.50. The smallest absolute Gasteiger partial charge is 0.252 e. The summed E-state index contributed by atoms with van der Waals surface area (Å²) in [4.78, 5) is 23.5. The topological polar surface area (TPSA) is 108 Å². The van der Waals surface area contributed by atoms with Gasteiger partial charge in [-0.3, -0.25) is 4.79 Å². The maximum atomic E-state index is 12.6. The summed E-state index contributed by atoms with van der Waals surface area (Å²) in [6.45, 7) is 7.54. The highest BCUT2D eigenvalue weighted by Crippen LogP contribution is 2.26. The summed E-state index contributed by atoms with van der Waals surface area (Å²) < 4.78 is 5.98. The van der Waals surface area contributed by atoms with E-state index in [2.05, 4.69) is 20.2 Å². The number of aromatic nitrogens is 2. The number of aryl methyl sites for hydroxylation is 2. The van der Waals surface area contributed by atoms with Crippen LogP contribution >= 0.6 is 11.6 Å². The van der Waals surface area contributed by atoms with E-state index >= 15 is 0 Å². The van der Waals surface area contributed by atoms with Crippen LogP contribution in [0, 0.1) is 19.8 Å². The quantitative estimate of drug-likeness (QED) is 0.438. The van der Waals surface area contributed by atoms with Gasteiger partial charge >= 0.3 is 0 Å². The highest BCUT2D eigenvalue weighted by Gasteiger charge is 2.22. The van der Waals surface area contributed by atoms with Gasteiger partial charge in [-0.05, 0) is 75.6 Å². The van der Waals surface area contributed by atoms with Crippen LogP contribution in [-0.2, 0) is 0 Å². The van der Waals surface area contributed by atoms with Crippen LogP contribution in [0.5, 0.6) is 5.75 Å². The predicted molar refractivity (Wildman–Crippen MR) is 133 cm³/mol. The fraction of sp³-hybridized carbons (Fsp3) is 0.560. The molecule has 1 fully saturated rings. The molecule has 2 aromatic rings. The number of nitrogens with zero attached hydrogens (tertiary/aromatic N) is 3. The third-order valence-corrected chi connectivity index (χ3v) is 6.58. The second kappa shape index (κ2) is 12.3. The lowest BCUT2D eigenvalue weighted by molar-refractivity contribution is 0.0610. The Bertz CT molecular complexity index is 925. The molecule has 1 aromatic heterocycles. The highest BCUT2D eigenvalue weighted by molar-refractivity contribution is 6.30. The Morgan fingerprint density at radius 3 is 2.44 bits per heavy atom. The van der Waals surface area contributed by atoms with E-state index in [1.54, 1.807) is 19.3 Å². The van der Waals surface area contributed by atoms with Gasteiger partial charge in [-0.15, -0.1) is 0 Å². The van der Waals surface area contributed by atoms with Gasteiger partial charge in [0.25, 0.3) is 5.91 Å². The molecule has 1 aliphatic heterocycles. The van der Waals surface area contributed by atoms with Crippen LogP contribution in [0.4, 0.5) is 5.95 Å². The molecule has 0 saturated carbocycles. The molecule has 1 saturated heterocycles. The maximum Gasteiger partial charge on any atom is 0.252 e. The number of aliphatic hydroxyl groups excluding tert-OH is 2. The summed E-state index contributed by atoms with van der Waals surface area (Å²) in [5, 5.41) is 22.1. The van der Waals surface area contributed by atoms with Crippen molar-refractivity contribution in [1.29, 1.82) is 0 Å². The number of benzene rings is 1. The molecule has 1 aliphatic rings. The molecule has 1 aromatic carbocycles. The molecule has 0 spiro atoms. The number of aliphatic hydroxyl groups is 2. The first-order chi connectivity index (χ1) is 16.3. The van der Waals surface area contributed by atoms with Gasteiger partial charge in [0, 0.05) is 18.7 Å². The van der Waals surface area contributed by atoms with E-state index in [0.717, 1.165) is 61.6 Å². The van der Waals surface area contributed by atoms with Crippen LogP contribution in [0.15, 0.2) is 24.5 Å². The van der Waals surface area contributed by atoms with Crippen molar-refractivity contribution in [3.63, 3.8) is 0 Å². The monoisotopic (exact) mass is 490 g/mol. The predicted octanol–water partition coefficient (Wildman–Crippen LogP) is 3.29. The molecular formula is C25H35ClN4O4. The van der Waals surface area contributed by atoms with Crippen molar-refractivity contribution in [3.05, 3.63) is 46.2 Å². The van der Waals surface area contributed by atoms with E-state index in [1.807, 2.05) is 26.0 Å². The highest BCUT2D eigenvalue weighted by atomic mass is 35.5. The lowest BCUT2D eigenvalue weighted by atomic mass is 9.92. The van der Waals surface area contributed by atoms with Crippen molar-refractivity contribution in [3.8, 4) is 5.75 Å². The zero-order valence-electron chi connectivity index (χ0n) is 20.1. The van der Waals surface area contributed by atoms with Gasteiger partial charge in [-0.2, -0.15) is 0 Å². The van der Waals surface area contributed by atoms with E-state index in [1.165, 1.54) is 0 Å². The lowest BCUT2D eigenvalue weighted by Gasteiger charge is -2.32. The van der Waals surface area contributed by atoms with Crippen molar-refractivity contribution in [1.82, 2.24) is 15.3 Å². The molecular weight excluding hydrogens is 456 g/mol. The van der Waals surface area contributed by atoms with E-state index in [-0.39, 0.29) is 5.91 Å². The lowest BCUT2D eigenvalue weighted by Crippen LogP contribution is -2.43. The third-order valence-electron chi connectivity index (χ3n) is 6.39. The summed E-state index contributed by atoms with van der Waals surface area (Å²) in [5.41, 5.74) is 2.20. The van der Waals surface area contributed by atoms with Gasteiger partial charge in [-0.1, -0.05) is 11.6 Å². The Labute approximate surface area is 206 Å². The van der Waals surface area contributed by atoms with E-state index in [9.17, 15) is 9.90 Å². The normalized spacial score (nSPS) is 16.2. The van der Waals surface area contributed by atoms with Gasteiger partial charge in [0.1, 0.15) is 5.75 Å². The molecule has 34 heavy (non-hydrogen) atoms. The molecule has 3 N–H and O–H groups in total. The molecule has 2 unspecified atom stereocenters. The van der Waals surface area contributed by atoms with E-state index in [0.29, 0.717) is 23.1 Å². The second-order valence-electron chi connectivity index (χ2n) is 9.07. The number of nitrogens with one attached hydrogen (secondary N) is 1. The number of piperidine rings is 1. The average Bonchev–Trinajstić information content (AvgIpc) is 2.81. The molecule has 2 heterocycles. The first-order valence-electron chi connectivity index (χ1n) is 11.8. The minimum Gasteiger partial charge on any atom is -0.494 e. The average molecular weight is 491 g/mol. The van der Waals surface area contributed by atoms with E-state index < -0.39 is 18.8 Å². The van der Waals surface area contributed by atoms with E-state index in [4.69, 9.17) is 21.4 Å². The van der Waals surface area contributed by atoms with Crippen LogP contribution in [-0.4, -0.2) is 64.5 Å². The molecule has 8 nitrogen and oxygen atoms in total. The summed E-state index contributed by atoms with van der Waals surface area (Å²) in [5.74, 6) is 1.90. The number of carbonyl (C=O) groups excluding carboxylic acids is 1. The van der Waals surface area contributed by atoms with Gasteiger partial charge in [0.05, 0.1) is 42.8 Å². The SMILES string of the molecule is Cc1cc(OCCCC2CCN(c3ncc(Cl)cn3)CC2)cc(C)c1C(=O)NC(C)C(O)CO. The van der Waals surface area contributed by atoms with Crippen molar-refractivity contribution < 1.29 is 19.7 Å². The molecule has 9 heteroatoms. The van der Waals surface area contributed by atoms with Crippen LogP contribution in [0.3, 0.4) is 0 Å². The zero-order valence-corrected chi connectivity index (χ0v) is 20.9. The van der Waals surface area contributed by atoms with Gasteiger partial charge in [-0.25, -0.2) is 9.97 Å². The number of halogens is 1. The maximum absolute atomic E-state index is 12.6.